The van der Waals surface area contributed by atoms with Crippen LogP contribution in [0.1, 0.15) is 17.0 Å². The topological polar surface area (TPSA) is 100 Å². The maximum Gasteiger partial charge on any atom is 0.253 e. The van der Waals surface area contributed by atoms with E-state index in [0.717, 1.165) is 5.56 Å². The van der Waals surface area contributed by atoms with Crippen molar-refractivity contribution in [1.29, 1.82) is 0 Å². The molecular formula is C19H18BrN3O4. The Balaban J connectivity index is 1.74. The second-order valence-corrected chi connectivity index (χ2v) is 6.94. The lowest BCUT2D eigenvalue weighted by Gasteiger charge is -2.15. The Morgan fingerprint density at radius 1 is 1.37 bits per heavy atom. The number of carbonyl (C=O) groups excluding carboxylic acids is 2. The van der Waals surface area contributed by atoms with E-state index >= 15 is 0 Å². The number of methoxy groups -OCH3 is 1. The minimum Gasteiger partial charge on any atom is -0.504 e. The number of carbonyl (C=O) groups is 2. The molecule has 0 aliphatic carbocycles. The van der Waals surface area contributed by atoms with Gasteiger partial charge >= 0.3 is 0 Å². The van der Waals surface area contributed by atoms with Crippen molar-refractivity contribution in [3.05, 3.63) is 58.1 Å². The molecule has 0 radical (unpaired) electrons. The first-order chi connectivity index (χ1) is 13.0. The molecule has 2 aromatic carbocycles. The number of hydrazone groups is 1. The minimum absolute atomic E-state index is 0.0977. The lowest BCUT2D eigenvalue weighted by molar-refractivity contribution is -0.133. The molecule has 1 aliphatic heterocycles. The van der Waals surface area contributed by atoms with Gasteiger partial charge in [-0.2, -0.15) is 5.10 Å². The monoisotopic (exact) mass is 431 g/mol. The summed E-state index contributed by atoms with van der Waals surface area (Å²) in [5, 5.41) is 16.7. The largest absolute Gasteiger partial charge is 0.504 e. The number of ether oxygens (including phenoxy) is 1. The van der Waals surface area contributed by atoms with Gasteiger partial charge in [-0.25, -0.2) is 5.43 Å². The van der Waals surface area contributed by atoms with Gasteiger partial charge < -0.3 is 15.2 Å². The average Bonchev–Trinajstić information content (AvgIpc) is 3.06. The highest BCUT2D eigenvalue weighted by Crippen LogP contribution is 2.32. The zero-order chi connectivity index (χ0) is 19.4. The summed E-state index contributed by atoms with van der Waals surface area (Å²) in [7, 11) is 1.44. The molecule has 2 amide bonds. The molecule has 8 heteroatoms. The molecule has 1 saturated heterocycles. The molecule has 0 saturated carbocycles. The van der Waals surface area contributed by atoms with E-state index in [1.165, 1.54) is 13.3 Å². The van der Waals surface area contributed by atoms with Gasteiger partial charge in [-0.1, -0.05) is 46.3 Å². The number of phenols is 1. The number of aromatic hydroxyl groups is 1. The first-order valence-electron chi connectivity index (χ1n) is 8.23. The van der Waals surface area contributed by atoms with E-state index in [-0.39, 0.29) is 23.3 Å². The Morgan fingerprint density at radius 3 is 2.81 bits per heavy atom. The van der Waals surface area contributed by atoms with E-state index in [1.807, 2.05) is 30.3 Å². The van der Waals surface area contributed by atoms with Crippen molar-refractivity contribution in [1.82, 2.24) is 10.7 Å². The lowest BCUT2D eigenvalue weighted by atomic mass is 9.88. The van der Waals surface area contributed by atoms with Crippen LogP contribution in [0.4, 0.5) is 0 Å². The van der Waals surface area contributed by atoms with Gasteiger partial charge in [0, 0.05) is 22.5 Å². The third-order valence-electron chi connectivity index (χ3n) is 4.36. The van der Waals surface area contributed by atoms with Gasteiger partial charge in [0.05, 0.1) is 13.3 Å². The zero-order valence-corrected chi connectivity index (χ0v) is 16.1. The van der Waals surface area contributed by atoms with Gasteiger partial charge in [-0.15, -0.1) is 0 Å². The Kier molecular flexibility index (Phi) is 5.75. The summed E-state index contributed by atoms with van der Waals surface area (Å²) >= 11 is 3.31. The van der Waals surface area contributed by atoms with Gasteiger partial charge in [0.25, 0.3) is 5.91 Å². The smallest absolute Gasteiger partial charge is 0.253 e. The van der Waals surface area contributed by atoms with Crippen LogP contribution in [0.15, 0.2) is 52.0 Å². The average molecular weight is 432 g/mol. The summed E-state index contributed by atoms with van der Waals surface area (Å²) in [5.41, 5.74) is 3.66. The summed E-state index contributed by atoms with van der Waals surface area (Å²) < 4.78 is 5.75. The fourth-order valence-corrected chi connectivity index (χ4v) is 3.47. The number of hydrogen-bond donors (Lipinski definition) is 3. The van der Waals surface area contributed by atoms with Gasteiger partial charge in [-0.3, -0.25) is 9.59 Å². The number of rotatable bonds is 5. The van der Waals surface area contributed by atoms with Gasteiger partial charge in [0.15, 0.2) is 11.5 Å². The fourth-order valence-electron chi connectivity index (χ4n) is 3.02. The summed E-state index contributed by atoms with van der Waals surface area (Å²) in [5.74, 6) is -1.78. The summed E-state index contributed by atoms with van der Waals surface area (Å²) in [6.45, 7) is 0.397. The molecule has 2 aromatic rings. The first-order valence-corrected chi connectivity index (χ1v) is 9.02. The van der Waals surface area contributed by atoms with Crippen molar-refractivity contribution < 1.29 is 19.4 Å². The van der Waals surface area contributed by atoms with Crippen LogP contribution in [0.25, 0.3) is 0 Å². The first kappa shape index (κ1) is 18.9. The molecule has 1 aliphatic rings. The third-order valence-corrected chi connectivity index (χ3v) is 4.82. The minimum atomic E-state index is -0.866. The Bertz CT molecular complexity index is 886. The normalized spacial score (nSPS) is 19.1. The van der Waals surface area contributed by atoms with Gasteiger partial charge in [0.1, 0.15) is 5.92 Å². The predicted molar refractivity (Wildman–Crippen MR) is 104 cm³/mol. The summed E-state index contributed by atoms with van der Waals surface area (Å²) in [6.07, 6.45) is 1.30. The quantitative estimate of drug-likeness (QED) is 0.383. The van der Waals surface area contributed by atoms with E-state index in [2.05, 4.69) is 31.8 Å². The van der Waals surface area contributed by atoms with Crippen LogP contribution in [-0.2, 0) is 9.59 Å². The fraction of sp³-hybridized carbons (Fsp3) is 0.211. The Hall–Kier alpha value is -2.87. The molecule has 7 nitrogen and oxygen atoms in total. The third kappa shape index (κ3) is 4.11. The zero-order valence-electron chi connectivity index (χ0n) is 14.5. The SMILES string of the molecule is COc1cc(Br)cc(/C=N\NC(=O)C2C(=O)NCC2c2ccccc2)c1O. The van der Waals surface area contributed by atoms with Crippen molar-refractivity contribution in [2.75, 3.05) is 13.7 Å². The van der Waals surface area contributed by atoms with Crippen LogP contribution in [-0.4, -0.2) is 36.8 Å². The van der Waals surface area contributed by atoms with Crippen molar-refractivity contribution in [3.63, 3.8) is 0 Å². The number of halogens is 1. The molecule has 3 rings (SSSR count). The number of benzene rings is 2. The Morgan fingerprint density at radius 2 is 2.11 bits per heavy atom. The molecular weight excluding hydrogens is 414 g/mol. The highest BCUT2D eigenvalue weighted by Gasteiger charge is 2.40. The molecule has 0 bridgehead atoms. The molecule has 27 heavy (non-hydrogen) atoms. The molecule has 2 atom stereocenters. The van der Waals surface area contributed by atoms with Crippen molar-refractivity contribution >= 4 is 34.0 Å². The van der Waals surface area contributed by atoms with E-state index < -0.39 is 11.8 Å². The van der Waals surface area contributed by atoms with Crippen molar-refractivity contribution in [3.8, 4) is 11.5 Å². The van der Waals surface area contributed by atoms with E-state index in [9.17, 15) is 14.7 Å². The molecule has 140 valence electrons. The summed E-state index contributed by atoms with van der Waals surface area (Å²) in [4.78, 5) is 24.7. The number of nitrogens with one attached hydrogen (secondary N) is 2. The lowest BCUT2D eigenvalue weighted by Crippen LogP contribution is -2.34. The van der Waals surface area contributed by atoms with Crippen molar-refractivity contribution in [2.24, 2.45) is 11.0 Å². The Labute approximate surface area is 164 Å². The van der Waals surface area contributed by atoms with Crippen LogP contribution in [0.2, 0.25) is 0 Å². The maximum atomic E-state index is 12.5. The number of nitrogens with zero attached hydrogens (tertiary/aromatic N) is 1. The predicted octanol–water partition coefficient (Wildman–Crippen LogP) is 2.14. The van der Waals surface area contributed by atoms with Crippen LogP contribution in [0.5, 0.6) is 11.5 Å². The van der Waals surface area contributed by atoms with Gasteiger partial charge in [-0.05, 0) is 17.7 Å². The van der Waals surface area contributed by atoms with Crippen LogP contribution >= 0.6 is 15.9 Å². The standard InChI is InChI=1S/C19H18BrN3O4/c1-27-15-8-13(20)7-12(17(15)24)9-22-23-19(26)16-14(10-21-18(16)25)11-5-3-2-4-6-11/h2-9,14,16,24H,10H2,1H3,(H,21,25)(H,23,26)/b22-9-. The molecule has 0 spiro atoms. The molecule has 0 aromatic heterocycles. The molecule has 3 N–H and O–H groups in total. The van der Waals surface area contributed by atoms with E-state index in [1.54, 1.807) is 12.1 Å². The van der Waals surface area contributed by atoms with E-state index in [4.69, 9.17) is 4.74 Å². The highest BCUT2D eigenvalue weighted by molar-refractivity contribution is 9.10. The van der Waals surface area contributed by atoms with Gasteiger partial charge in [0.2, 0.25) is 5.91 Å². The van der Waals surface area contributed by atoms with Crippen LogP contribution in [0, 0.1) is 5.92 Å². The van der Waals surface area contributed by atoms with Crippen molar-refractivity contribution in [2.45, 2.75) is 5.92 Å². The second-order valence-electron chi connectivity index (χ2n) is 6.02. The van der Waals surface area contributed by atoms with E-state index in [0.29, 0.717) is 16.6 Å². The highest BCUT2D eigenvalue weighted by atomic mass is 79.9. The summed E-state index contributed by atoms with van der Waals surface area (Å²) in [6, 6.07) is 12.6. The number of phenolic OH excluding ortho intramolecular Hbond substituents is 1. The number of amides is 2. The number of hydrogen-bond acceptors (Lipinski definition) is 5. The molecule has 2 unspecified atom stereocenters. The molecule has 1 fully saturated rings. The maximum absolute atomic E-state index is 12.5. The van der Waals surface area contributed by atoms with Crippen LogP contribution in [0.3, 0.4) is 0 Å². The second kappa shape index (κ2) is 8.22. The van der Waals surface area contributed by atoms with Crippen LogP contribution < -0.4 is 15.5 Å². The molecule has 1 heterocycles.